The molecule has 1 aliphatic rings. The van der Waals surface area contributed by atoms with Crippen LogP contribution in [0, 0.1) is 5.92 Å². The molecule has 4 heteroatoms. The summed E-state index contributed by atoms with van der Waals surface area (Å²) in [5.41, 5.74) is 6.25. The number of amides is 1. The molecule has 0 unspecified atom stereocenters. The van der Waals surface area contributed by atoms with Crippen LogP contribution in [-0.4, -0.2) is 18.2 Å². The summed E-state index contributed by atoms with van der Waals surface area (Å²) in [6.07, 6.45) is 2.67. The van der Waals surface area contributed by atoms with Crippen LogP contribution in [0.3, 0.4) is 0 Å². The molecule has 3 nitrogen and oxygen atoms in total. The molecule has 0 aromatic heterocycles. The predicted molar refractivity (Wildman–Crippen MR) is 67.6 cm³/mol. The first kappa shape index (κ1) is 11.3. The second kappa shape index (κ2) is 5.25. The van der Waals surface area contributed by atoms with Gasteiger partial charge < -0.3 is 11.1 Å². The summed E-state index contributed by atoms with van der Waals surface area (Å²) in [5.74, 6) is 0.901. The zero-order valence-electron chi connectivity index (χ0n) is 9.11. The maximum Gasteiger partial charge on any atom is 0.227 e. The Labute approximate surface area is 99.8 Å². The van der Waals surface area contributed by atoms with E-state index in [9.17, 15) is 4.79 Å². The van der Waals surface area contributed by atoms with Crippen LogP contribution in [0.2, 0.25) is 0 Å². The fourth-order valence-electron chi connectivity index (χ4n) is 1.46. The van der Waals surface area contributed by atoms with E-state index in [4.69, 9.17) is 5.73 Å². The molecule has 1 amide bonds. The van der Waals surface area contributed by atoms with Gasteiger partial charge in [-0.2, -0.15) is 0 Å². The lowest BCUT2D eigenvalue weighted by Gasteiger charge is -2.10. The zero-order chi connectivity index (χ0) is 11.4. The number of benzene rings is 1. The molecule has 16 heavy (non-hydrogen) atoms. The maximum absolute atomic E-state index is 10.7. The molecule has 0 radical (unpaired) electrons. The second-order valence-electron chi connectivity index (χ2n) is 4.08. The van der Waals surface area contributed by atoms with E-state index in [0.717, 1.165) is 23.0 Å². The van der Waals surface area contributed by atoms with E-state index in [2.05, 4.69) is 5.32 Å². The number of hydrogen-bond donors (Lipinski definition) is 2. The van der Waals surface area contributed by atoms with Crippen molar-refractivity contribution >= 4 is 23.4 Å². The predicted octanol–water partition coefficient (Wildman–Crippen LogP) is 2.09. The summed E-state index contributed by atoms with van der Waals surface area (Å²) in [6, 6.07) is 8.05. The molecule has 2 rings (SSSR count). The molecule has 1 saturated carbocycles. The summed E-state index contributed by atoms with van der Waals surface area (Å²) in [6.45, 7) is 1.04. The fraction of sp³-hybridized carbons (Fsp3) is 0.417. The smallest absolute Gasteiger partial charge is 0.227 e. The van der Waals surface area contributed by atoms with Crippen LogP contribution in [0.1, 0.15) is 12.8 Å². The first-order valence-corrected chi connectivity index (χ1v) is 6.48. The topological polar surface area (TPSA) is 55.1 Å². The molecule has 1 aliphatic carbocycles. The Hall–Kier alpha value is -1.16. The van der Waals surface area contributed by atoms with Crippen molar-refractivity contribution in [2.75, 3.05) is 17.6 Å². The van der Waals surface area contributed by atoms with Crippen molar-refractivity contribution in [3.8, 4) is 0 Å². The number of carbonyl (C=O) groups is 1. The molecule has 1 aromatic carbocycles. The first-order chi connectivity index (χ1) is 7.75. The lowest BCUT2D eigenvalue weighted by Crippen LogP contribution is -2.13. The van der Waals surface area contributed by atoms with E-state index in [1.165, 1.54) is 24.6 Å². The highest BCUT2D eigenvalue weighted by Gasteiger charge is 2.20. The van der Waals surface area contributed by atoms with Crippen LogP contribution in [0.5, 0.6) is 0 Å². The summed E-state index contributed by atoms with van der Waals surface area (Å²) in [5, 5.41) is 3.43. The van der Waals surface area contributed by atoms with Gasteiger partial charge in [0.2, 0.25) is 5.91 Å². The van der Waals surface area contributed by atoms with Gasteiger partial charge in [0.1, 0.15) is 0 Å². The Balaban J connectivity index is 1.94. The van der Waals surface area contributed by atoms with E-state index < -0.39 is 0 Å². The van der Waals surface area contributed by atoms with E-state index >= 15 is 0 Å². The molecule has 3 N–H and O–H groups in total. The molecule has 1 aromatic rings. The zero-order valence-corrected chi connectivity index (χ0v) is 9.93. The highest BCUT2D eigenvalue weighted by molar-refractivity contribution is 8.00. The molecule has 0 atom stereocenters. The van der Waals surface area contributed by atoms with Gasteiger partial charge >= 0.3 is 0 Å². The van der Waals surface area contributed by atoms with Crippen LogP contribution in [0.4, 0.5) is 5.69 Å². The molecule has 0 bridgehead atoms. The van der Waals surface area contributed by atoms with Gasteiger partial charge in [-0.25, -0.2) is 0 Å². The van der Waals surface area contributed by atoms with E-state index in [0.29, 0.717) is 5.75 Å². The molecular weight excluding hydrogens is 220 g/mol. The number of carbonyl (C=O) groups excluding carboxylic acids is 1. The Morgan fingerprint density at radius 3 is 2.88 bits per heavy atom. The number of thioether (sulfide) groups is 1. The monoisotopic (exact) mass is 236 g/mol. The SMILES string of the molecule is NC(=O)CSc1ccccc1NCC1CC1. The van der Waals surface area contributed by atoms with Crippen molar-refractivity contribution in [1.29, 1.82) is 0 Å². The van der Waals surface area contributed by atoms with Gasteiger partial charge in [0.25, 0.3) is 0 Å². The number of para-hydroxylation sites is 1. The first-order valence-electron chi connectivity index (χ1n) is 5.49. The van der Waals surface area contributed by atoms with Crippen LogP contribution in [0.15, 0.2) is 29.2 Å². The average molecular weight is 236 g/mol. The molecule has 0 saturated heterocycles. The summed E-state index contributed by atoms with van der Waals surface area (Å²) < 4.78 is 0. The number of nitrogens with two attached hydrogens (primary N) is 1. The van der Waals surface area contributed by atoms with Gasteiger partial charge in [-0.1, -0.05) is 12.1 Å². The van der Waals surface area contributed by atoms with Gasteiger partial charge in [-0.05, 0) is 30.9 Å². The van der Waals surface area contributed by atoms with E-state index in [-0.39, 0.29) is 5.91 Å². The van der Waals surface area contributed by atoms with Gasteiger partial charge in [-0.3, -0.25) is 4.79 Å². The number of anilines is 1. The van der Waals surface area contributed by atoms with Crippen molar-refractivity contribution in [3.63, 3.8) is 0 Å². The van der Waals surface area contributed by atoms with Crippen molar-refractivity contribution < 1.29 is 4.79 Å². The summed E-state index contributed by atoms with van der Waals surface area (Å²) in [4.78, 5) is 11.8. The minimum atomic E-state index is -0.276. The van der Waals surface area contributed by atoms with Crippen LogP contribution in [0.25, 0.3) is 0 Å². The Morgan fingerprint density at radius 2 is 2.19 bits per heavy atom. The number of primary amides is 1. The fourth-order valence-corrected chi connectivity index (χ4v) is 2.23. The molecule has 0 heterocycles. The second-order valence-corrected chi connectivity index (χ2v) is 5.09. The molecular formula is C12H16N2OS. The third-order valence-corrected chi connectivity index (χ3v) is 3.63. The van der Waals surface area contributed by atoms with E-state index in [1.807, 2.05) is 24.3 Å². The third-order valence-electron chi connectivity index (χ3n) is 2.54. The minimum Gasteiger partial charge on any atom is -0.384 e. The Kier molecular flexibility index (Phi) is 3.72. The largest absolute Gasteiger partial charge is 0.384 e. The van der Waals surface area contributed by atoms with Crippen molar-refractivity contribution in [3.05, 3.63) is 24.3 Å². The standard InChI is InChI=1S/C12H16N2OS/c13-12(15)8-16-11-4-2-1-3-10(11)14-7-9-5-6-9/h1-4,9,14H,5-8H2,(H2,13,15). The van der Waals surface area contributed by atoms with Crippen molar-refractivity contribution in [2.24, 2.45) is 11.7 Å². The number of hydrogen-bond acceptors (Lipinski definition) is 3. The van der Waals surface area contributed by atoms with Crippen molar-refractivity contribution in [2.45, 2.75) is 17.7 Å². The molecule has 86 valence electrons. The van der Waals surface area contributed by atoms with Gasteiger partial charge in [0, 0.05) is 17.1 Å². The number of nitrogens with one attached hydrogen (secondary N) is 1. The maximum atomic E-state index is 10.7. The third kappa shape index (κ3) is 3.45. The average Bonchev–Trinajstić information content (AvgIpc) is 3.08. The van der Waals surface area contributed by atoms with Crippen LogP contribution >= 0.6 is 11.8 Å². The van der Waals surface area contributed by atoms with Gasteiger partial charge in [0.05, 0.1) is 5.75 Å². The molecule has 0 aliphatic heterocycles. The highest BCUT2D eigenvalue weighted by atomic mass is 32.2. The van der Waals surface area contributed by atoms with Crippen LogP contribution < -0.4 is 11.1 Å². The van der Waals surface area contributed by atoms with Crippen molar-refractivity contribution in [1.82, 2.24) is 0 Å². The van der Waals surface area contributed by atoms with Gasteiger partial charge in [-0.15, -0.1) is 11.8 Å². The Bertz CT molecular complexity index is 377. The lowest BCUT2D eigenvalue weighted by molar-refractivity contribution is -0.115. The van der Waals surface area contributed by atoms with Crippen LogP contribution in [-0.2, 0) is 4.79 Å². The quantitative estimate of drug-likeness (QED) is 0.744. The molecule has 1 fully saturated rings. The lowest BCUT2D eigenvalue weighted by atomic mass is 10.3. The van der Waals surface area contributed by atoms with E-state index in [1.54, 1.807) is 0 Å². The number of rotatable bonds is 6. The summed E-state index contributed by atoms with van der Waals surface area (Å²) >= 11 is 1.49. The summed E-state index contributed by atoms with van der Waals surface area (Å²) in [7, 11) is 0. The minimum absolute atomic E-state index is 0.276. The highest BCUT2D eigenvalue weighted by Crippen LogP contribution is 2.31. The molecule has 0 spiro atoms. The Morgan fingerprint density at radius 1 is 1.44 bits per heavy atom. The normalized spacial score (nSPS) is 14.8. The van der Waals surface area contributed by atoms with Gasteiger partial charge in [0.15, 0.2) is 0 Å².